The van der Waals surface area contributed by atoms with E-state index in [-0.39, 0.29) is 5.11 Å². The Hall–Kier alpha value is -2.53. The van der Waals surface area contributed by atoms with Crippen LogP contribution >= 0.6 is 31.6 Å². The van der Waals surface area contributed by atoms with E-state index in [2.05, 4.69) is 10.4 Å². The van der Waals surface area contributed by atoms with Crippen molar-refractivity contribution in [3.05, 3.63) is 89.4 Å². The summed E-state index contributed by atoms with van der Waals surface area (Å²) in [5, 5.41) is 6.12. The SMILES string of the molecule is Cc1ccc(NC(=S)NP(=O)(Oc2ccccc2)Oc2ccccc2)c(Cl)c1. The first kappa shape index (κ1) is 20.2. The molecule has 5 nitrogen and oxygen atoms in total. The van der Waals surface area contributed by atoms with Crippen molar-refractivity contribution < 1.29 is 13.6 Å². The molecule has 0 unspecified atom stereocenters. The molecule has 2 N–H and O–H groups in total. The highest BCUT2D eigenvalue weighted by Crippen LogP contribution is 2.44. The van der Waals surface area contributed by atoms with Crippen LogP contribution in [0.3, 0.4) is 0 Å². The Morgan fingerprint density at radius 2 is 1.46 bits per heavy atom. The minimum Gasteiger partial charge on any atom is -0.400 e. The van der Waals surface area contributed by atoms with Crippen LogP contribution in [0, 0.1) is 6.92 Å². The van der Waals surface area contributed by atoms with E-state index >= 15 is 0 Å². The van der Waals surface area contributed by atoms with Crippen molar-refractivity contribution in [2.24, 2.45) is 0 Å². The van der Waals surface area contributed by atoms with E-state index < -0.39 is 7.75 Å². The Kier molecular flexibility index (Phi) is 6.57. The molecule has 0 radical (unpaired) electrons. The Balaban J connectivity index is 1.79. The van der Waals surface area contributed by atoms with E-state index in [1.165, 1.54) is 0 Å². The fraction of sp³-hybridized carbons (Fsp3) is 0.0500. The fourth-order valence-electron chi connectivity index (χ4n) is 2.30. The normalized spacial score (nSPS) is 10.8. The van der Waals surface area contributed by atoms with Gasteiger partial charge in [0.25, 0.3) is 0 Å². The van der Waals surface area contributed by atoms with Gasteiger partial charge >= 0.3 is 7.75 Å². The molecular weight excluding hydrogens is 415 g/mol. The average Bonchev–Trinajstić information content (AvgIpc) is 2.65. The zero-order valence-electron chi connectivity index (χ0n) is 15.0. The lowest BCUT2D eigenvalue weighted by Gasteiger charge is -2.22. The number of anilines is 1. The zero-order chi connectivity index (χ0) is 20.0. The van der Waals surface area contributed by atoms with Crippen molar-refractivity contribution in [2.75, 3.05) is 5.32 Å². The third-order valence-corrected chi connectivity index (χ3v) is 5.62. The van der Waals surface area contributed by atoms with Gasteiger partial charge in [-0.05, 0) is 61.1 Å². The van der Waals surface area contributed by atoms with Gasteiger partial charge in [-0.1, -0.05) is 54.1 Å². The Bertz CT molecular complexity index is 957. The van der Waals surface area contributed by atoms with Crippen molar-refractivity contribution in [1.82, 2.24) is 5.09 Å². The van der Waals surface area contributed by atoms with Gasteiger partial charge in [0.2, 0.25) is 0 Å². The van der Waals surface area contributed by atoms with Gasteiger partial charge in [-0.15, -0.1) is 0 Å². The van der Waals surface area contributed by atoms with Crippen molar-refractivity contribution in [3.8, 4) is 11.5 Å². The molecule has 3 aromatic rings. The topological polar surface area (TPSA) is 59.6 Å². The van der Waals surface area contributed by atoms with Gasteiger partial charge < -0.3 is 14.4 Å². The monoisotopic (exact) mass is 432 g/mol. The first-order valence-electron chi connectivity index (χ1n) is 8.38. The lowest BCUT2D eigenvalue weighted by atomic mass is 10.2. The molecule has 0 saturated heterocycles. The maximum atomic E-state index is 13.4. The largest absolute Gasteiger partial charge is 0.543 e. The van der Waals surface area contributed by atoms with Crippen LogP contribution in [0.4, 0.5) is 5.69 Å². The summed E-state index contributed by atoms with van der Waals surface area (Å²) in [6, 6.07) is 22.9. The van der Waals surface area contributed by atoms with E-state index in [4.69, 9.17) is 32.9 Å². The number of hydrogen-bond donors (Lipinski definition) is 2. The number of halogens is 1. The number of nitrogens with one attached hydrogen (secondary N) is 2. The van der Waals surface area contributed by atoms with Crippen molar-refractivity contribution in [3.63, 3.8) is 0 Å². The Morgan fingerprint density at radius 3 is 1.96 bits per heavy atom. The van der Waals surface area contributed by atoms with Gasteiger partial charge in [0, 0.05) is 0 Å². The van der Waals surface area contributed by atoms with E-state index in [1.807, 2.05) is 25.1 Å². The Morgan fingerprint density at radius 1 is 0.929 bits per heavy atom. The number of thiocarbonyl (C=S) groups is 1. The second-order valence-electron chi connectivity index (χ2n) is 5.86. The first-order valence-corrected chi connectivity index (χ1v) is 10.7. The molecule has 0 aliphatic rings. The maximum Gasteiger partial charge on any atom is 0.543 e. The van der Waals surface area contributed by atoms with Crippen LogP contribution in [0.15, 0.2) is 78.9 Å². The van der Waals surface area contributed by atoms with E-state index in [9.17, 15) is 4.57 Å². The maximum absolute atomic E-state index is 13.4. The molecule has 0 aromatic heterocycles. The van der Waals surface area contributed by atoms with Crippen LogP contribution in [-0.4, -0.2) is 5.11 Å². The van der Waals surface area contributed by atoms with Gasteiger partial charge in [0.15, 0.2) is 5.11 Å². The molecule has 0 saturated carbocycles. The molecular formula is C20H18ClN2O3PS. The molecule has 8 heteroatoms. The summed E-state index contributed by atoms with van der Waals surface area (Å²) in [7, 11) is -3.88. The van der Waals surface area contributed by atoms with Gasteiger partial charge in [-0.3, -0.25) is 0 Å². The quantitative estimate of drug-likeness (QED) is 0.357. The number of aryl methyl sites for hydroxylation is 1. The number of hydrogen-bond acceptors (Lipinski definition) is 4. The standard InChI is InChI=1S/C20H18ClN2O3PS/c1-15-12-13-19(18(21)14-15)22-20(28)23-27(24,25-16-8-4-2-5-9-16)26-17-10-6-3-7-11-17/h2-14H,1H3,(H2,22,23,24,28). The molecule has 28 heavy (non-hydrogen) atoms. The molecule has 0 atom stereocenters. The van der Waals surface area contributed by atoms with E-state index in [0.717, 1.165) is 5.56 Å². The lowest BCUT2D eigenvalue weighted by Crippen LogP contribution is -2.29. The Labute approximate surface area is 174 Å². The average molecular weight is 433 g/mol. The van der Waals surface area contributed by atoms with Crippen LogP contribution in [0.25, 0.3) is 0 Å². The van der Waals surface area contributed by atoms with Crippen molar-refractivity contribution in [2.45, 2.75) is 6.92 Å². The summed E-state index contributed by atoms with van der Waals surface area (Å²) in [6.07, 6.45) is 0. The molecule has 0 bridgehead atoms. The molecule has 0 aliphatic heterocycles. The highest BCUT2D eigenvalue weighted by atomic mass is 35.5. The van der Waals surface area contributed by atoms with Crippen LogP contribution in [0.1, 0.15) is 5.56 Å². The molecule has 3 aromatic carbocycles. The minimum atomic E-state index is -3.88. The minimum absolute atomic E-state index is 0.0564. The summed E-state index contributed by atoms with van der Waals surface area (Å²) >= 11 is 11.5. The summed E-state index contributed by atoms with van der Waals surface area (Å²) in [4.78, 5) is 0. The van der Waals surface area contributed by atoms with Crippen molar-refractivity contribution in [1.29, 1.82) is 0 Å². The van der Waals surface area contributed by atoms with Crippen LogP contribution in [0.2, 0.25) is 5.02 Å². The molecule has 0 heterocycles. The van der Waals surface area contributed by atoms with Gasteiger partial charge in [0.1, 0.15) is 11.5 Å². The highest BCUT2D eigenvalue weighted by molar-refractivity contribution is 7.81. The van der Waals surface area contributed by atoms with E-state index in [1.54, 1.807) is 60.7 Å². The number of para-hydroxylation sites is 2. The zero-order valence-corrected chi connectivity index (χ0v) is 17.4. The highest BCUT2D eigenvalue weighted by Gasteiger charge is 2.30. The van der Waals surface area contributed by atoms with Crippen LogP contribution in [0.5, 0.6) is 11.5 Å². The third kappa shape index (κ3) is 5.73. The molecule has 0 fully saturated rings. The molecule has 0 amide bonds. The van der Waals surface area contributed by atoms with Crippen LogP contribution in [-0.2, 0) is 4.57 Å². The molecule has 0 aliphatic carbocycles. The number of rotatable bonds is 6. The molecule has 3 rings (SSSR count). The van der Waals surface area contributed by atoms with Crippen LogP contribution < -0.4 is 19.5 Å². The van der Waals surface area contributed by atoms with Gasteiger partial charge in [-0.2, -0.15) is 0 Å². The van der Waals surface area contributed by atoms with Crippen molar-refractivity contribution >= 4 is 42.4 Å². The number of benzene rings is 3. The molecule has 0 spiro atoms. The molecule has 144 valence electrons. The predicted octanol–water partition coefficient (Wildman–Crippen LogP) is 6.20. The summed E-state index contributed by atoms with van der Waals surface area (Å²) in [5.41, 5.74) is 1.59. The lowest BCUT2D eigenvalue weighted by molar-refractivity contribution is 0.381. The fourth-order valence-corrected chi connectivity index (χ4v) is 4.26. The second kappa shape index (κ2) is 9.11. The smallest absolute Gasteiger partial charge is 0.400 e. The summed E-state index contributed by atoms with van der Waals surface area (Å²) < 4.78 is 24.6. The van der Waals surface area contributed by atoms with E-state index in [0.29, 0.717) is 22.2 Å². The second-order valence-corrected chi connectivity index (χ2v) is 8.25. The van der Waals surface area contributed by atoms with Gasteiger partial charge in [0.05, 0.1) is 10.7 Å². The third-order valence-electron chi connectivity index (χ3n) is 3.55. The summed E-state index contributed by atoms with van der Waals surface area (Å²) in [6.45, 7) is 1.93. The summed E-state index contributed by atoms with van der Waals surface area (Å²) in [5.74, 6) is 0.760. The predicted molar refractivity (Wildman–Crippen MR) is 117 cm³/mol. The first-order chi connectivity index (χ1) is 13.4. The van der Waals surface area contributed by atoms with Gasteiger partial charge in [-0.25, -0.2) is 9.65 Å².